The molecule has 1 saturated heterocycles. The molecular formula is C15H18N2OS. The van der Waals surface area contributed by atoms with Gasteiger partial charge in [-0.15, -0.1) is 0 Å². The minimum Gasteiger partial charge on any atom is -0.348 e. The van der Waals surface area contributed by atoms with E-state index in [1.807, 2.05) is 36.9 Å². The molecule has 1 aromatic carbocycles. The summed E-state index contributed by atoms with van der Waals surface area (Å²) in [5, 5.41) is 3.08. The first-order valence-electron chi connectivity index (χ1n) is 6.39. The van der Waals surface area contributed by atoms with Gasteiger partial charge in [0, 0.05) is 17.4 Å². The van der Waals surface area contributed by atoms with Crippen molar-refractivity contribution in [3.63, 3.8) is 0 Å². The number of hydrogen-bond acceptors (Lipinski definition) is 3. The fraction of sp³-hybridized carbons (Fsp3) is 0.400. The highest BCUT2D eigenvalue weighted by molar-refractivity contribution is 7.99. The molecule has 1 atom stereocenters. The minimum atomic E-state index is -0.0301. The Labute approximate surface area is 118 Å². The molecule has 1 fully saturated rings. The number of aryl methyl sites for hydroxylation is 1. The van der Waals surface area contributed by atoms with Gasteiger partial charge in [-0.1, -0.05) is 23.5 Å². The van der Waals surface area contributed by atoms with Gasteiger partial charge in [-0.05, 0) is 31.2 Å². The number of amides is 1. The van der Waals surface area contributed by atoms with Gasteiger partial charge in [0.05, 0.1) is 12.1 Å². The molecule has 1 aliphatic heterocycles. The van der Waals surface area contributed by atoms with E-state index in [-0.39, 0.29) is 11.9 Å². The van der Waals surface area contributed by atoms with Gasteiger partial charge in [0.25, 0.3) is 5.91 Å². The third kappa shape index (κ3) is 3.76. The number of carbonyl (C=O) groups is 1. The summed E-state index contributed by atoms with van der Waals surface area (Å²) in [5.41, 5.74) is 7.85. The SMILES string of the molecule is Cc1ccc(C#CCN)c(C(=O)NC2CCSC2)c1. The highest BCUT2D eigenvalue weighted by atomic mass is 32.2. The number of carbonyl (C=O) groups excluding carboxylic acids is 1. The molecule has 3 nitrogen and oxygen atoms in total. The second kappa shape index (κ2) is 6.65. The maximum atomic E-state index is 12.3. The molecule has 1 heterocycles. The van der Waals surface area contributed by atoms with E-state index >= 15 is 0 Å². The second-order valence-corrected chi connectivity index (χ2v) is 5.74. The predicted molar refractivity (Wildman–Crippen MR) is 80.3 cm³/mol. The number of hydrogen-bond donors (Lipinski definition) is 2. The maximum Gasteiger partial charge on any atom is 0.252 e. The van der Waals surface area contributed by atoms with Crippen molar-refractivity contribution in [3.8, 4) is 11.8 Å². The van der Waals surface area contributed by atoms with Crippen LogP contribution in [0.25, 0.3) is 0 Å². The molecule has 1 amide bonds. The smallest absolute Gasteiger partial charge is 0.252 e. The normalized spacial score (nSPS) is 17.7. The van der Waals surface area contributed by atoms with Gasteiger partial charge in [0.2, 0.25) is 0 Å². The first kappa shape index (κ1) is 14.0. The van der Waals surface area contributed by atoms with Crippen LogP contribution in [-0.4, -0.2) is 30.0 Å². The number of nitrogens with two attached hydrogens (primary N) is 1. The van der Waals surface area contributed by atoms with Crippen LogP contribution in [0.4, 0.5) is 0 Å². The van der Waals surface area contributed by atoms with Crippen molar-refractivity contribution in [2.75, 3.05) is 18.1 Å². The zero-order valence-electron chi connectivity index (χ0n) is 11.0. The Hall–Kier alpha value is -1.44. The molecule has 1 unspecified atom stereocenters. The maximum absolute atomic E-state index is 12.3. The molecule has 4 heteroatoms. The van der Waals surface area contributed by atoms with Gasteiger partial charge in [-0.3, -0.25) is 4.79 Å². The van der Waals surface area contributed by atoms with Crippen LogP contribution in [0.5, 0.6) is 0 Å². The van der Waals surface area contributed by atoms with Gasteiger partial charge >= 0.3 is 0 Å². The van der Waals surface area contributed by atoms with E-state index in [0.717, 1.165) is 29.1 Å². The fourth-order valence-electron chi connectivity index (χ4n) is 2.01. The van der Waals surface area contributed by atoms with Crippen LogP contribution >= 0.6 is 11.8 Å². The summed E-state index contributed by atoms with van der Waals surface area (Å²) in [7, 11) is 0. The van der Waals surface area contributed by atoms with E-state index in [1.165, 1.54) is 0 Å². The van der Waals surface area contributed by atoms with E-state index in [4.69, 9.17) is 5.73 Å². The summed E-state index contributed by atoms with van der Waals surface area (Å²) in [6, 6.07) is 6.02. The summed E-state index contributed by atoms with van der Waals surface area (Å²) in [4.78, 5) is 12.3. The summed E-state index contributed by atoms with van der Waals surface area (Å²) >= 11 is 1.88. The van der Waals surface area contributed by atoms with Crippen LogP contribution in [-0.2, 0) is 0 Å². The molecule has 0 aliphatic carbocycles. The molecule has 1 aromatic rings. The average Bonchev–Trinajstić information content (AvgIpc) is 2.90. The molecule has 0 radical (unpaired) electrons. The topological polar surface area (TPSA) is 55.1 Å². The zero-order chi connectivity index (χ0) is 13.7. The summed E-state index contributed by atoms with van der Waals surface area (Å²) in [5.74, 6) is 7.87. The number of thioether (sulfide) groups is 1. The lowest BCUT2D eigenvalue weighted by molar-refractivity contribution is 0.0941. The quantitative estimate of drug-likeness (QED) is 0.804. The van der Waals surface area contributed by atoms with Crippen LogP contribution in [0.1, 0.15) is 27.9 Å². The Bertz CT molecular complexity index is 525. The van der Waals surface area contributed by atoms with Crippen LogP contribution < -0.4 is 11.1 Å². The van der Waals surface area contributed by atoms with Crippen molar-refractivity contribution < 1.29 is 4.79 Å². The molecule has 0 spiro atoms. The molecular weight excluding hydrogens is 256 g/mol. The average molecular weight is 274 g/mol. The standard InChI is InChI=1S/C15H18N2OS/c1-11-4-5-12(3-2-7-16)14(9-11)15(18)17-13-6-8-19-10-13/h4-5,9,13H,6-8,10,16H2,1H3,(H,17,18). The van der Waals surface area contributed by atoms with Crippen molar-refractivity contribution in [3.05, 3.63) is 34.9 Å². The Morgan fingerprint density at radius 3 is 3.11 bits per heavy atom. The van der Waals surface area contributed by atoms with Gasteiger partial charge in [-0.25, -0.2) is 0 Å². The molecule has 1 aliphatic rings. The summed E-state index contributed by atoms with van der Waals surface area (Å²) in [6.07, 6.45) is 1.05. The molecule has 0 bridgehead atoms. The highest BCUT2D eigenvalue weighted by Gasteiger charge is 2.19. The van der Waals surface area contributed by atoms with E-state index < -0.39 is 0 Å². The Morgan fingerprint density at radius 2 is 2.42 bits per heavy atom. The van der Waals surface area contributed by atoms with Gasteiger partial charge in [0.15, 0.2) is 0 Å². The Morgan fingerprint density at radius 1 is 1.58 bits per heavy atom. The minimum absolute atomic E-state index is 0.0301. The van der Waals surface area contributed by atoms with E-state index in [1.54, 1.807) is 0 Å². The molecule has 19 heavy (non-hydrogen) atoms. The largest absolute Gasteiger partial charge is 0.348 e. The van der Waals surface area contributed by atoms with Crippen LogP contribution in [0, 0.1) is 18.8 Å². The number of nitrogens with one attached hydrogen (secondary N) is 1. The zero-order valence-corrected chi connectivity index (χ0v) is 11.8. The third-order valence-corrected chi connectivity index (χ3v) is 4.17. The van der Waals surface area contributed by atoms with Crippen LogP contribution in [0.2, 0.25) is 0 Å². The van der Waals surface area contributed by atoms with Gasteiger partial charge in [-0.2, -0.15) is 11.8 Å². The lowest BCUT2D eigenvalue weighted by Gasteiger charge is -2.12. The lowest BCUT2D eigenvalue weighted by Crippen LogP contribution is -2.35. The summed E-state index contributed by atoms with van der Waals surface area (Å²) < 4.78 is 0. The van der Waals surface area contributed by atoms with Crippen molar-refractivity contribution in [2.24, 2.45) is 5.73 Å². The predicted octanol–water partition coefficient (Wildman–Crippen LogP) is 1.54. The molecule has 2 rings (SSSR count). The Balaban J connectivity index is 2.20. The highest BCUT2D eigenvalue weighted by Crippen LogP contribution is 2.18. The van der Waals surface area contributed by atoms with Crippen molar-refractivity contribution in [1.29, 1.82) is 0 Å². The third-order valence-electron chi connectivity index (χ3n) is 3.01. The van der Waals surface area contributed by atoms with E-state index in [0.29, 0.717) is 12.1 Å². The molecule has 3 N–H and O–H groups in total. The van der Waals surface area contributed by atoms with E-state index in [9.17, 15) is 4.79 Å². The van der Waals surface area contributed by atoms with Crippen molar-refractivity contribution in [2.45, 2.75) is 19.4 Å². The number of benzene rings is 1. The number of rotatable bonds is 2. The van der Waals surface area contributed by atoms with Crippen molar-refractivity contribution >= 4 is 17.7 Å². The van der Waals surface area contributed by atoms with E-state index in [2.05, 4.69) is 17.2 Å². The second-order valence-electron chi connectivity index (χ2n) is 4.59. The first-order valence-corrected chi connectivity index (χ1v) is 7.54. The van der Waals surface area contributed by atoms with Gasteiger partial charge < -0.3 is 11.1 Å². The van der Waals surface area contributed by atoms with Crippen molar-refractivity contribution in [1.82, 2.24) is 5.32 Å². The first-order chi connectivity index (χ1) is 9.20. The molecule has 100 valence electrons. The van der Waals surface area contributed by atoms with Gasteiger partial charge in [0.1, 0.15) is 0 Å². The molecule has 0 saturated carbocycles. The lowest BCUT2D eigenvalue weighted by atomic mass is 10.0. The summed E-state index contributed by atoms with van der Waals surface area (Å²) in [6.45, 7) is 2.27. The fourth-order valence-corrected chi connectivity index (χ4v) is 3.17. The monoisotopic (exact) mass is 274 g/mol. The van der Waals surface area contributed by atoms with Crippen LogP contribution in [0.15, 0.2) is 18.2 Å². The Kier molecular flexibility index (Phi) is 4.89. The molecule has 0 aromatic heterocycles. The van der Waals surface area contributed by atoms with Crippen LogP contribution in [0.3, 0.4) is 0 Å².